The molecular weight excluding hydrogens is 314 g/mol. The maximum Gasteiger partial charge on any atom is 0.0426 e. The van der Waals surface area contributed by atoms with Crippen molar-refractivity contribution in [2.75, 3.05) is 7.05 Å². The minimum Gasteiger partial charge on any atom is -0.371 e. The van der Waals surface area contributed by atoms with E-state index in [0.717, 1.165) is 12.2 Å². The van der Waals surface area contributed by atoms with Crippen LogP contribution >= 0.6 is 0 Å². The topological polar surface area (TPSA) is 3.24 Å². The lowest BCUT2D eigenvalue weighted by molar-refractivity contribution is 0.420. The standard InChI is InChI=1S/C21H29N.C2H6.C2H4/c1-8-17(4)21(9-2)14-18(5)19(6)22(7)15-20-12-10-16(3)11-13-20;2*1-2/h8-14H,6,15H2,1-5,7H3;1-2H3;1-2H2/b17-8-,18-14+,21-9-;;. The van der Waals surface area contributed by atoms with Crippen molar-refractivity contribution in [3.63, 3.8) is 0 Å². The van der Waals surface area contributed by atoms with E-state index in [9.17, 15) is 0 Å². The molecule has 0 bridgehead atoms. The molecule has 0 aliphatic heterocycles. The zero-order valence-corrected chi connectivity index (χ0v) is 18.3. The molecular formula is C25H39N. The molecule has 0 atom stereocenters. The molecule has 1 aromatic carbocycles. The Bertz CT molecular complexity index is 612. The van der Waals surface area contributed by atoms with Gasteiger partial charge in [-0.3, -0.25) is 0 Å². The number of aryl methyl sites for hydroxylation is 1. The third-order valence-corrected chi connectivity index (χ3v) is 4.03. The van der Waals surface area contributed by atoms with E-state index < -0.39 is 0 Å². The van der Waals surface area contributed by atoms with Gasteiger partial charge in [-0.1, -0.05) is 68.5 Å². The van der Waals surface area contributed by atoms with Crippen LogP contribution in [0.25, 0.3) is 0 Å². The molecule has 0 N–H and O–H groups in total. The second-order valence-corrected chi connectivity index (χ2v) is 5.83. The SMILES string of the molecule is C=C.C=C(/C(C)=C/C(=C/C)C(/C)=C\C)N(C)Cc1ccc(C)cc1.CC. The highest BCUT2D eigenvalue weighted by Crippen LogP contribution is 2.19. The van der Waals surface area contributed by atoms with Crippen molar-refractivity contribution in [2.45, 2.75) is 55.0 Å². The van der Waals surface area contributed by atoms with Crippen LogP contribution in [0.1, 0.15) is 52.7 Å². The Hall–Kier alpha value is -2.28. The lowest BCUT2D eigenvalue weighted by atomic mass is 10.0. The molecule has 1 heteroatoms. The molecule has 0 aromatic heterocycles. The lowest BCUT2D eigenvalue weighted by Gasteiger charge is -2.23. The molecule has 0 aliphatic rings. The summed E-state index contributed by atoms with van der Waals surface area (Å²) >= 11 is 0. The smallest absolute Gasteiger partial charge is 0.0426 e. The minimum absolute atomic E-state index is 0.873. The first-order valence-corrected chi connectivity index (χ1v) is 9.32. The number of hydrogen-bond donors (Lipinski definition) is 0. The summed E-state index contributed by atoms with van der Waals surface area (Å²) in [6, 6.07) is 8.67. The summed E-state index contributed by atoms with van der Waals surface area (Å²) in [5.41, 5.74) is 7.40. The fraction of sp³-hybridized carbons (Fsp3) is 0.360. The van der Waals surface area contributed by atoms with Gasteiger partial charge in [0.2, 0.25) is 0 Å². The van der Waals surface area contributed by atoms with Gasteiger partial charge in [-0.05, 0) is 56.9 Å². The van der Waals surface area contributed by atoms with E-state index >= 15 is 0 Å². The quantitative estimate of drug-likeness (QED) is 0.375. The highest BCUT2D eigenvalue weighted by Gasteiger charge is 2.06. The van der Waals surface area contributed by atoms with E-state index in [2.05, 4.69) is 109 Å². The molecule has 144 valence electrons. The van der Waals surface area contributed by atoms with Crippen LogP contribution in [0, 0.1) is 6.92 Å². The van der Waals surface area contributed by atoms with E-state index in [4.69, 9.17) is 0 Å². The average Bonchev–Trinajstić information content (AvgIpc) is 2.69. The molecule has 0 amide bonds. The van der Waals surface area contributed by atoms with Gasteiger partial charge in [-0.2, -0.15) is 0 Å². The minimum atomic E-state index is 0.873. The summed E-state index contributed by atoms with van der Waals surface area (Å²) in [5.74, 6) is 0. The van der Waals surface area contributed by atoms with Gasteiger partial charge < -0.3 is 4.90 Å². The predicted molar refractivity (Wildman–Crippen MR) is 121 cm³/mol. The van der Waals surface area contributed by atoms with Crippen LogP contribution in [0.15, 0.2) is 84.6 Å². The largest absolute Gasteiger partial charge is 0.371 e. The average molecular weight is 354 g/mol. The van der Waals surface area contributed by atoms with Crippen molar-refractivity contribution in [3.05, 3.63) is 95.8 Å². The van der Waals surface area contributed by atoms with E-state index in [1.807, 2.05) is 13.8 Å². The Morgan fingerprint density at radius 2 is 1.46 bits per heavy atom. The molecule has 0 aliphatic carbocycles. The van der Waals surface area contributed by atoms with E-state index in [-0.39, 0.29) is 0 Å². The molecule has 0 fully saturated rings. The molecule has 0 saturated carbocycles. The van der Waals surface area contributed by atoms with Crippen LogP contribution in [0.4, 0.5) is 0 Å². The number of nitrogens with zero attached hydrogens (tertiary/aromatic N) is 1. The van der Waals surface area contributed by atoms with Crippen LogP contribution in [0.3, 0.4) is 0 Å². The molecule has 0 radical (unpaired) electrons. The Labute approximate surface area is 163 Å². The van der Waals surface area contributed by atoms with Crippen LogP contribution in [-0.2, 0) is 6.54 Å². The van der Waals surface area contributed by atoms with Crippen LogP contribution in [-0.4, -0.2) is 11.9 Å². The lowest BCUT2D eigenvalue weighted by Crippen LogP contribution is -2.17. The molecule has 26 heavy (non-hydrogen) atoms. The number of hydrogen-bond acceptors (Lipinski definition) is 1. The third-order valence-electron chi connectivity index (χ3n) is 4.03. The van der Waals surface area contributed by atoms with Gasteiger partial charge in [0.05, 0.1) is 0 Å². The summed E-state index contributed by atoms with van der Waals surface area (Å²) in [6.45, 7) is 25.6. The van der Waals surface area contributed by atoms with E-state index in [0.29, 0.717) is 0 Å². The number of benzene rings is 1. The van der Waals surface area contributed by atoms with E-state index in [1.165, 1.54) is 27.8 Å². The van der Waals surface area contributed by atoms with Crippen molar-refractivity contribution in [1.82, 2.24) is 4.90 Å². The van der Waals surface area contributed by atoms with Gasteiger partial charge in [0.15, 0.2) is 0 Å². The molecule has 1 aromatic rings. The van der Waals surface area contributed by atoms with Crippen LogP contribution in [0.5, 0.6) is 0 Å². The molecule has 0 heterocycles. The van der Waals surface area contributed by atoms with Gasteiger partial charge in [0.1, 0.15) is 0 Å². The molecule has 1 rings (SSSR count). The van der Waals surface area contributed by atoms with Gasteiger partial charge in [-0.15, -0.1) is 13.2 Å². The predicted octanol–water partition coefficient (Wildman–Crippen LogP) is 7.63. The molecule has 1 nitrogen and oxygen atoms in total. The maximum atomic E-state index is 4.25. The fourth-order valence-corrected chi connectivity index (χ4v) is 2.27. The van der Waals surface area contributed by atoms with Crippen LogP contribution < -0.4 is 0 Å². The zero-order valence-electron chi connectivity index (χ0n) is 18.3. The monoisotopic (exact) mass is 353 g/mol. The normalized spacial score (nSPS) is 11.6. The summed E-state index contributed by atoms with van der Waals surface area (Å²) < 4.78 is 0. The Balaban J connectivity index is 0. The number of rotatable bonds is 6. The zero-order chi connectivity index (χ0) is 20.7. The molecule has 0 unspecified atom stereocenters. The first-order valence-electron chi connectivity index (χ1n) is 9.32. The Morgan fingerprint density at radius 3 is 1.88 bits per heavy atom. The van der Waals surface area contributed by atoms with Gasteiger partial charge in [0.25, 0.3) is 0 Å². The third kappa shape index (κ3) is 9.27. The summed E-state index contributed by atoms with van der Waals surface area (Å²) in [5, 5.41) is 0. The Kier molecular flexibility index (Phi) is 15.0. The summed E-state index contributed by atoms with van der Waals surface area (Å²) in [6.07, 6.45) is 6.49. The van der Waals surface area contributed by atoms with Crippen molar-refractivity contribution in [1.29, 1.82) is 0 Å². The van der Waals surface area contributed by atoms with Gasteiger partial charge >= 0.3 is 0 Å². The van der Waals surface area contributed by atoms with Gasteiger partial charge in [-0.25, -0.2) is 0 Å². The highest BCUT2D eigenvalue weighted by molar-refractivity contribution is 5.43. The second-order valence-electron chi connectivity index (χ2n) is 5.83. The van der Waals surface area contributed by atoms with E-state index in [1.54, 1.807) is 0 Å². The van der Waals surface area contributed by atoms with Crippen LogP contribution in [0.2, 0.25) is 0 Å². The fourth-order valence-electron chi connectivity index (χ4n) is 2.27. The van der Waals surface area contributed by atoms with Crippen molar-refractivity contribution in [3.8, 4) is 0 Å². The summed E-state index contributed by atoms with van der Waals surface area (Å²) in [4.78, 5) is 2.20. The maximum absolute atomic E-state index is 4.25. The molecule has 0 spiro atoms. The van der Waals surface area contributed by atoms with Crippen molar-refractivity contribution < 1.29 is 0 Å². The summed E-state index contributed by atoms with van der Waals surface area (Å²) in [7, 11) is 2.09. The van der Waals surface area contributed by atoms with Gasteiger partial charge in [0, 0.05) is 19.3 Å². The first kappa shape index (κ1) is 26.0. The highest BCUT2D eigenvalue weighted by atomic mass is 15.1. The van der Waals surface area contributed by atoms with Crippen molar-refractivity contribution in [2.24, 2.45) is 0 Å². The second kappa shape index (κ2) is 15.0. The van der Waals surface area contributed by atoms with Crippen molar-refractivity contribution >= 4 is 0 Å². The first-order chi connectivity index (χ1) is 12.4. The Morgan fingerprint density at radius 1 is 0.962 bits per heavy atom. The number of likely N-dealkylation sites (N-methyl/N-ethyl adjacent to an activating group) is 1. The number of allylic oxidation sites excluding steroid dienone is 6. The molecule has 0 saturated heterocycles.